The number of amides is 1. The Kier molecular flexibility index (Phi) is 6.59. The van der Waals surface area contributed by atoms with Crippen LogP contribution < -0.4 is 5.32 Å². The van der Waals surface area contributed by atoms with E-state index in [-0.39, 0.29) is 13.0 Å². The van der Waals surface area contributed by atoms with Crippen LogP contribution in [0, 0.1) is 0 Å². The van der Waals surface area contributed by atoms with Crippen molar-refractivity contribution >= 4 is 29.8 Å². The highest BCUT2D eigenvalue weighted by atomic mass is 32.2. The number of hydrogen-bond acceptors (Lipinski definition) is 10. The number of methoxy groups -OCH3 is 1. The van der Waals surface area contributed by atoms with Crippen LogP contribution in [0.15, 0.2) is 35.2 Å². The first-order valence-corrected chi connectivity index (χ1v) is 11.4. The van der Waals surface area contributed by atoms with Gasteiger partial charge in [0.05, 0.1) is 13.2 Å². The number of esters is 2. The van der Waals surface area contributed by atoms with Crippen molar-refractivity contribution in [2.75, 3.05) is 13.7 Å². The summed E-state index contributed by atoms with van der Waals surface area (Å²) in [6.07, 6.45) is -3.53. The van der Waals surface area contributed by atoms with Crippen molar-refractivity contribution in [1.82, 2.24) is 5.32 Å². The number of nitrogens with one attached hydrogen (secondary N) is 1. The molecular weight excluding hydrogens is 454 g/mol. The number of thioether (sulfide) groups is 1. The van der Waals surface area contributed by atoms with E-state index in [1.54, 1.807) is 13.8 Å². The predicted octanol–water partition coefficient (Wildman–Crippen LogP) is 2.00. The van der Waals surface area contributed by atoms with Crippen LogP contribution in [-0.4, -0.2) is 72.9 Å². The van der Waals surface area contributed by atoms with E-state index < -0.39 is 59.2 Å². The lowest BCUT2D eigenvalue weighted by atomic mass is 9.90. The fraction of sp³-hybridized carbons (Fsp3) is 0.591. The Labute approximate surface area is 195 Å². The Hall–Kier alpha value is -2.34. The quantitative estimate of drug-likeness (QED) is 0.477. The summed E-state index contributed by atoms with van der Waals surface area (Å²) < 4.78 is 34.3. The van der Waals surface area contributed by atoms with Gasteiger partial charge in [0.2, 0.25) is 4.93 Å². The molecule has 3 heterocycles. The van der Waals surface area contributed by atoms with Gasteiger partial charge in [-0.15, -0.1) is 0 Å². The van der Waals surface area contributed by atoms with Crippen molar-refractivity contribution in [3.8, 4) is 0 Å². The number of carbonyl (C=O) groups excluding carboxylic acids is 3. The van der Waals surface area contributed by atoms with Crippen LogP contribution in [0.25, 0.3) is 0 Å². The summed E-state index contributed by atoms with van der Waals surface area (Å²) >= 11 is 1.18. The molecule has 3 aliphatic heterocycles. The third-order valence-corrected chi connectivity index (χ3v) is 6.88. The van der Waals surface area contributed by atoms with Crippen LogP contribution in [0.5, 0.6) is 0 Å². The van der Waals surface area contributed by atoms with Crippen LogP contribution in [0.1, 0.15) is 27.2 Å². The summed E-state index contributed by atoms with van der Waals surface area (Å²) in [6.45, 7) is 4.67. The summed E-state index contributed by atoms with van der Waals surface area (Å²) in [7, 11) is 1.28. The Morgan fingerprint density at radius 3 is 2.55 bits per heavy atom. The van der Waals surface area contributed by atoms with Gasteiger partial charge in [0, 0.05) is 18.2 Å². The highest BCUT2D eigenvalue weighted by Gasteiger charge is 2.62. The summed E-state index contributed by atoms with van der Waals surface area (Å²) in [5.41, 5.74) is 0. The largest absolute Gasteiger partial charge is 0.466 e. The molecule has 4 rings (SSSR count). The second kappa shape index (κ2) is 9.13. The van der Waals surface area contributed by atoms with Gasteiger partial charge in [0.25, 0.3) is 0 Å². The number of rotatable bonds is 6. The molecule has 1 aromatic carbocycles. The highest BCUT2D eigenvalue weighted by Crippen LogP contribution is 2.47. The number of alkyl carbamates (subject to hydrolysis) is 1. The standard InChI is InChI=1S/C22H27NO9S/c1-12(24)28-11-15-17(31-21(2,3)30-15)18-16-14(29-20(26)23-16)10-22(32-18,19(25)27-4)33-13-8-6-5-7-9-13/h5-9,14-18H,10-11H2,1-4H3,(H,23,26)/t14-,15+,16+,17+,18+,22+/m0/s1. The van der Waals surface area contributed by atoms with Crippen LogP contribution in [-0.2, 0) is 38.0 Å². The predicted molar refractivity (Wildman–Crippen MR) is 114 cm³/mol. The number of hydrogen-bond donors (Lipinski definition) is 1. The van der Waals surface area contributed by atoms with Gasteiger partial charge in [-0.05, 0) is 26.0 Å². The molecule has 33 heavy (non-hydrogen) atoms. The maximum Gasteiger partial charge on any atom is 0.407 e. The smallest absolute Gasteiger partial charge is 0.407 e. The molecule has 180 valence electrons. The van der Waals surface area contributed by atoms with Gasteiger partial charge in [0.1, 0.15) is 31.0 Å². The third kappa shape index (κ3) is 4.96. The van der Waals surface area contributed by atoms with E-state index in [4.69, 9.17) is 28.4 Å². The van der Waals surface area contributed by atoms with Crippen molar-refractivity contribution in [2.45, 2.75) is 73.3 Å². The summed E-state index contributed by atoms with van der Waals surface area (Å²) in [5.74, 6) is -2.08. The average molecular weight is 482 g/mol. The molecule has 1 amide bonds. The first kappa shape index (κ1) is 23.8. The molecule has 0 spiro atoms. The molecule has 0 unspecified atom stereocenters. The summed E-state index contributed by atoms with van der Waals surface area (Å²) in [6, 6.07) is 8.65. The monoisotopic (exact) mass is 481 g/mol. The average Bonchev–Trinajstić information content (AvgIpc) is 3.29. The molecule has 1 aromatic rings. The van der Waals surface area contributed by atoms with Gasteiger partial charge >= 0.3 is 18.0 Å². The maximum atomic E-state index is 13.1. The van der Waals surface area contributed by atoms with Gasteiger partial charge in [-0.3, -0.25) is 4.79 Å². The molecule has 0 radical (unpaired) electrons. The Morgan fingerprint density at radius 2 is 1.88 bits per heavy atom. The van der Waals surface area contributed by atoms with E-state index in [0.717, 1.165) is 4.90 Å². The zero-order valence-electron chi connectivity index (χ0n) is 18.8. The number of carbonyl (C=O) groups is 3. The molecule has 0 saturated carbocycles. The van der Waals surface area contributed by atoms with E-state index in [9.17, 15) is 14.4 Å². The highest BCUT2D eigenvalue weighted by molar-refractivity contribution is 8.01. The number of ether oxygens (including phenoxy) is 6. The first-order valence-electron chi connectivity index (χ1n) is 10.6. The Morgan fingerprint density at radius 1 is 1.15 bits per heavy atom. The molecule has 3 saturated heterocycles. The van der Waals surface area contributed by atoms with Crippen LogP contribution in [0.2, 0.25) is 0 Å². The van der Waals surface area contributed by atoms with Gasteiger partial charge in [-0.1, -0.05) is 30.0 Å². The van der Waals surface area contributed by atoms with Crippen molar-refractivity contribution in [2.24, 2.45) is 0 Å². The van der Waals surface area contributed by atoms with Gasteiger partial charge in [-0.25, -0.2) is 9.59 Å². The second-order valence-electron chi connectivity index (χ2n) is 8.50. The van der Waals surface area contributed by atoms with Crippen molar-refractivity contribution in [1.29, 1.82) is 0 Å². The van der Waals surface area contributed by atoms with Crippen molar-refractivity contribution < 1.29 is 42.8 Å². The minimum Gasteiger partial charge on any atom is -0.466 e. The van der Waals surface area contributed by atoms with Gasteiger partial charge in [-0.2, -0.15) is 0 Å². The van der Waals surface area contributed by atoms with Crippen LogP contribution in [0.4, 0.5) is 4.79 Å². The molecule has 3 aliphatic rings. The molecular formula is C22H27NO9S. The molecule has 0 aliphatic carbocycles. The van der Waals surface area contributed by atoms with E-state index in [1.165, 1.54) is 25.8 Å². The topological polar surface area (TPSA) is 119 Å². The molecule has 10 nitrogen and oxygen atoms in total. The lowest BCUT2D eigenvalue weighted by Crippen LogP contribution is -2.63. The molecule has 6 atom stereocenters. The van der Waals surface area contributed by atoms with E-state index >= 15 is 0 Å². The fourth-order valence-electron chi connectivity index (χ4n) is 4.36. The van der Waals surface area contributed by atoms with Crippen LogP contribution >= 0.6 is 11.8 Å². The molecule has 11 heteroatoms. The molecule has 1 N–H and O–H groups in total. The van der Waals surface area contributed by atoms with E-state index in [2.05, 4.69) is 5.32 Å². The second-order valence-corrected chi connectivity index (χ2v) is 9.84. The first-order chi connectivity index (χ1) is 15.6. The van der Waals surface area contributed by atoms with E-state index in [1.807, 2.05) is 30.3 Å². The third-order valence-electron chi connectivity index (χ3n) is 5.61. The SMILES string of the molecule is COC(=O)[C@]1(Sc2ccccc2)C[C@@H]2OC(=O)N[C@H]2[C@H]([C@@H]2OC(C)(C)O[C@@H]2COC(C)=O)O1. The molecule has 0 bridgehead atoms. The number of fused-ring (bicyclic) bond motifs is 1. The van der Waals surface area contributed by atoms with Crippen LogP contribution in [0.3, 0.4) is 0 Å². The molecule has 0 aromatic heterocycles. The summed E-state index contributed by atoms with van der Waals surface area (Å²) in [4.78, 5) is 35.9. The van der Waals surface area contributed by atoms with E-state index in [0.29, 0.717) is 0 Å². The Bertz CT molecular complexity index is 910. The minimum atomic E-state index is -1.50. The lowest BCUT2D eigenvalue weighted by Gasteiger charge is -2.44. The zero-order valence-corrected chi connectivity index (χ0v) is 19.6. The minimum absolute atomic E-state index is 0.0741. The zero-order chi connectivity index (χ0) is 23.8. The lowest BCUT2D eigenvalue weighted by molar-refractivity contribution is -0.202. The summed E-state index contributed by atoms with van der Waals surface area (Å²) in [5, 5.41) is 2.76. The van der Waals surface area contributed by atoms with Crippen molar-refractivity contribution in [3.63, 3.8) is 0 Å². The van der Waals surface area contributed by atoms with Crippen molar-refractivity contribution in [3.05, 3.63) is 30.3 Å². The fourth-order valence-corrected chi connectivity index (χ4v) is 5.60. The van der Waals surface area contributed by atoms with Gasteiger partial charge in [0.15, 0.2) is 5.79 Å². The Balaban J connectivity index is 1.69. The maximum absolute atomic E-state index is 13.1. The van der Waals surface area contributed by atoms with Gasteiger partial charge < -0.3 is 33.7 Å². The molecule has 3 fully saturated rings. The number of benzene rings is 1. The normalized spacial score (nSPS) is 34.7.